The van der Waals surface area contributed by atoms with E-state index in [1.165, 1.54) is 18.2 Å². The largest absolute Gasteiger partial charge is 0.481 e. The Labute approximate surface area is 197 Å². The van der Waals surface area contributed by atoms with Gasteiger partial charge in [-0.05, 0) is 49.2 Å². The monoisotopic (exact) mass is 508 g/mol. The minimum atomic E-state index is -4.65. The van der Waals surface area contributed by atoms with Gasteiger partial charge in [-0.3, -0.25) is 9.69 Å². The van der Waals surface area contributed by atoms with Crippen LogP contribution in [0, 0.1) is 5.92 Å². The molecule has 34 heavy (non-hydrogen) atoms. The molecule has 0 aromatic heterocycles. The molecule has 1 fully saturated rings. The van der Waals surface area contributed by atoms with E-state index < -0.39 is 46.4 Å². The van der Waals surface area contributed by atoms with Crippen molar-refractivity contribution < 1.29 is 36.2 Å². The lowest BCUT2D eigenvalue weighted by Crippen LogP contribution is -2.49. The zero-order chi connectivity index (χ0) is 25.4. The summed E-state index contributed by atoms with van der Waals surface area (Å²) in [6, 6.07) is 6.65. The van der Waals surface area contributed by atoms with Crippen LogP contribution in [-0.2, 0) is 23.7 Å². The van der Waals surface area contributed by atoms with Crippen molar-refractivity contribution in [3.05, 3.63) is 63.7 Å². The van der Waals surface area contributed by atoms with E-state index in [1.807, 2.05) is 0 Å². The Morgan fingerprint density at radius 3 is 2.24 bits per heavy atom. The fraction of sp³-hybridized carbons (Fsp3) is 0.435. The summed E-state index contributed by atoms with van der Waals surface area (Å²) in [5, 5.41) is 8.57. The molecular formula is C23H23ClF6N2O2. The van der Waals surface area contributed by atoms with Gasteiger partial charge in [0.1, 0.15) is 0 Å². The molecule has 2 aromatic rings. The average molecular weight is 509 g/mol. The maximum Gasteiger partial charge on any atom is 0.417 e. The summed E-state index contributed by atoms with van der Waals surface area (Å²) in [5.74, 6) is -1.60. The number of benzene rings is 2. The summed E-state index contributed by atoms with van der Waals surface area (Å²) in [6.45, 7) is 3.95. The summed E-state index contributed by atoms with van der Waals surface area (Å²) < 4.78 is 80.7. The molecular weight excluding hydrogens is 486 g/mol. The number of halogens is 7. The lowest BCUT2D eigenvalue weighted by Gasteiger charge is -2.37. The topological polar surface area (TPSA) is 43.8 Å². The second-order valence-electron chi connectivity index (χ2n) is 8.27. The van der Waals surface area contributed by atoms with Crippen LogP contribution in [0.15, 0.2) is 36.4 Å². The summed E-state index contributed by atoms with van der Waals surface area (Å²) >= 11 is 5.72. The van der Waals surface area contributed by atoms with Crippen LogP contribution in [0.25, 0.3) is 0 Å². The molecule has 1 atom stereocenters. The van der Waals surface area contributed by atoms with E-state index in [1.54, 1.807) is 23.6 Å². The van der Waals surface area contributed by atoms with E-state index in [2.05, 4.69) is 0 Å². The molecule has 0 spiro atoms. The number of nitrogens with zero attached hydrogens (tertiary/aromatic N) is 2. The van der Waals surface area contributed by atoms with Crippen molar-refractivity contribution in [1.82, 2.24) is 4.90 Å². The highest BCUT2D eigenvalue weighted by molar-refractivity contribution is 6.31. The Kier molecular flexibility index (Phi) is 7.43. The van der Waals surface area contributed by atoms with Crippen molar-refractivity contribution in [3.63, 3.8) is 0 Å². The first-order valence-corrected chi connectivity index (χ1v) is 10.9. The Bertz CT molecular complexity index is 1050. The van der Waals surface area contributed by atoms with E-state index in [9.17, 15) is 31.1 Å². The lowest BCUT2D eigenvalue weighted by atomic mass is 9.95. The minimum Gasteiger partial charge on any atom is -0.481 e. The molecule has 1 unspecified atom stereocenters. The molecule has 2 aromatic carbocycles. The highest BCUT2D eigenvalue weighted by Gasteiger charge is 2.38. The number of likely N-dealkylation sites (tertiary alicyclic amines) is 1. The molecule has 0 saturated carbocycles. The van der Waals surface area contributed by atoms with Gasteiger partial charge in [0.15, 0.2) is 0 Å². The van der Waals surface area contributed by atoms with E-state index in [0.717, 1.165) is 18.2 Å². The Balaban J connectivity index is 1.93. The second-order valence-corrected chi connectivity index (χ2v) is 8.67. The van der Waals surface area contributed by atoms with E-state index >= 15 is 0 Å². The second kappa shape index (κ2) is 9.65. The maximum absolute atomic E-state index is 13.6. The summed E-state index contributed by atoms with van der Waals surface area (Å²) in [5.41, 5.74) is -1.10. The third-order valence-corrected chi connectivity index (χ3v) is 6.34. The Morgan fingerprint density at radius 2 is 1.71 bits per heavy atom. The molecule has 1 heterocycles. The van der Waals surface area contributed by atoms with Crippen LogP contribution in [0.2, 0.25) is 5.02 Å². The first kappa shape index (κ1) is 26.2. The zero-order valence-electron chi connectivity index (χ0n) is 18.3. The van der Waals surface area contributed by atoms with Crippen LogP contribution >= 0.6 is 11.6 Å². The summed E-state index contributed by atoms with van der Waals surface area (Å²) in [6.07, 6.45) is -9.25. The molecule has 1 N–H and O–H groups in total. The van der Waals surface area contributed by atoms with Crippen LogP contribution in [0.5, 0.6) is 0 Å². The van der Waals surface area contributed by atoms with Crippen LogP contribution < -0.4 is 4.90 Å². The van der Waals surface area contributed by atoms with Gasteiger partial charge in [-0.15, -0.1) is 0 Å². The third-order valence-electron chi connectivity index (χ3n) is 6.01. The normalized spacial score (nSPS) is 16.3. The smallest absolute Gasteiger partial charge is 0.417 e. The van der Waals surface area contributed by atoms with E-state index in [-0.39, 0.29) is 30.9 Å². The molecule has 1 saturated heterocycles. The standard InChI is InChI=1S/C23H23ClF6N2O2/c1-3-32(17-5-7-20(24)19(9-17)23(28,29)30)13(2)14-4-6-18(22(25,26)27)15(8-14)10-31-11-16(12-31)21(33)34/h4-9,13,16H,3,10-12H2,1-2H3,(H,33,34). The molecule has 0 bridgehead atoms. The number of rotatable bonds is 7. The molecule has 3 rings (SSSR count). The number of hydrogen-bond donors (Lipinski definition) is 1. The molecule has 11 heteroatoms. The number of hydrogen-bond acceptors (Lipinski definition) is 3. The van der Waals surface area contributed by atoms with Gasteiger partial charge in [-0.1, -0.05) is 23.7 Å². The van der Waals surface area contributed by atoms with Crippen LogP contribution in [0.1, 0.15) is 42.1 Å². The average Bonchev–Trinajstić information content (AvgIpc) is 2.69. The van der Waals surface area contributed by atoms with E-state index in [4.69, 9.17) is 16.7 Å². The van der Waals surface area contributed by atoms with Gasteiger partial charge in [-0.2, -0.15) is 26.3 Å². The molecule has 186 valence electrons. The molecule has 1 aliphatic heterocycles. The molecule has 1 aliphatic rings. The Morgan fingerprint density at radius 1 is 1.09 bits per heavy atom. The minimum absolute atomic E-state index is 0.0103. The number of carboxylic acid groups (broad SMARTS) is 1. The maximum atomic E-state index is 13.6. The SMILES string of the molecule is CCN(c1ccc(Cl)c(C(F)(F)F)c1)C(C)c1ccc(C(F)(F)F)c(CN2CC(C(=O)O)C2)c1. The zero-order valence-corrected chi connectivity index (χ0v) is 19.1. The van der Waals surface area contributed by atoms with Crippen molar-refractivity contribution in [2.24, 2.45) is 5.92 Å². The number of anilines is 1. The molecule has 0 aliphatic carbocycles. The van der Waals surface area contributed by atoms with Crippen molar-refractivity contribution in [3.8, 4) is 0 Å². The van der Waals surface area contributed by atoms with E-state index in [0.29, 0.717) is 12.1 Å². The quantitative estimate of drug-likeness (QED) is 0.435. The highest BCUT2D eigenvalue weighted by Crippen LogP contribution is 2.40. The van der Waals surface area contributed by atoms with Crippen LogP contribution in [0.4, 0.5) is 32.0 Å². The van der Waals surface area contributed by atoms with Crippen molar-refractivity contribution >= 4 is 23.3 Å². The first-order chi connectivity index (χ1) is 15.7. The van der Waals surface area contributed by atoms with Crippen molar-refractivity contribution in [2.75, 3.05) is 24.5 Å². The van der Waals surface area contributed by atoms with Gasteiger partial charge in [0.05, 0.1) is 28.1 Å². The molecule has 0 radical (unpaired) electrons. The number of aliphatic carboxylic acids is 1. The molecule has 0 amide bonds. The summed E-state index contributed by atoms with van der Waals surface area (Å²) in [7, 11) is 0. The van der Waals surface area contributed by atoms with Crippen LogP contribution in [0.3, 0.4) is 0 Å². The van der Waals surface area contributed by atoms with Gasteiger partial charge >= 0.3 is 18.3 Å². The van der Waals surface area contributed by atoms with Gasteiger partial charge in [0.25, 0.3) is 0 Å². The van der Waals surface area contributed by atoms with Gasteiger partial charge in [0, 0.05) is 31.9 Å². The number of alkyl halides is 6. The predicted molar refractivity (Wildman–Crippen MR) is 116 cm³/mol. The number of carbonyl (C=O) groups is 1. The molecule has 4 nitrogen and oxygen atoms in total. The fourth-order valence-corrected chi connectivity index (χ4v) is 4.37. The lowest BCUT2D eigenvalue weighted by molar-refractivity contribution is -0.148. The van der Waals surface area contributed by atoms with Crippen molar-refractivity contribution in [2.45, 2.75) is 38.8 Å². The van der Waals surface area contributed by atoms with Gasteiger partial charge in [-0.25, -0.2) is 0 Å². The van der Waals surface area contributed by atoms with Gasteiger partial charge in [0.2, 0.25) is 0 Å². The van der Waals surface area contributed by atoms with Crippen LogP contribution in [-0.4, -0.2) is 35.6 Å². The first-order valence-electron chi connectivity index (χ1n) is 10.5. The predicted octanol–water partition coefficient (Wildman–Crippen LogP) is 6.48. The highest BCUT2D eigenvalue weighted by atomic mass is 35.5. The summed E-state index contributed by atoms with van der Waals surface area (Å²) in [4.78, 5) is 14.3. The van der Waals surface area contributed by atoms with Crippen molar-refractivity contribution in [1.29, 1.82) is 0 Å². The number of carboxylic acids is 1. The van der Waals surface area contributed by atoms with Gasteiger partial charge < -0.3 is 10.0 Å². The third kappa shape index (κ3) is 5.60. The fourth-order valence-electron chi connectivity index (χ4n) is 4.15. The Hall–Kier alpha value is -2.46.